The maximum Gasteiger partial charge on any atom is 0.128 e. The van der Waals surface area contributed by atoms with Crippen LogP contribution in [0.1, 0.15) is 17.0 Å². The first kappa shape index (κ1) is 13.1. The van der Waals surface area contributed by atoms with Crippen molar-refractivity contribution in [1.82, 2.24) is 9.97 Å². The van der Waals surface area contributed by atoms with E-state index in [9.17, 15) is 0 Å². The summed E-state index contributed by atoms with van der Waals surface area (Å²) in [6.07, 6.45) is 0. The number of imidazole rings is 1. The number of nitrogens with two attached hydrogens (primary N) is 1. The molecule has 1 aromatic heterocycles. The highest BCUT2D eigenvalue weighted by Gasteiger charge is 2.16. The minimum absolute atomic E-state index is 0.381. The van der Waals surface area contributed by atoms with Crippen molar-refractivity contribution in [3.63, 3.8) is 0 Å². The number of rotatable bonds is 3. The average molecular weight is 310 g/mol. The summed E-state index contributed by atoms with van der Waals surface area (Å²) in [6.45, 7) is 4.48. The maximum absolute atomic E-state index is 5.60. The van der Waals surface area contributed by atoms with Crippen LogP contribution in [-0.2, 0) is 6.54 Å². The number of benzene rings is 1. The minimum Gasteiger partial charge on any atom is -0.496 e. The van der Waals surface area contributed by atoms with Crippen molar-refractivity contribution < 1.29 is 4.74 Å². The summed E-state index contributed by atoms with van der Waals surface area (Å²) in [5.74, 6) is 1.57. The van der Waals surface area contributed by atoms with Gasteiger partial charge in [0.05, 0.1) is 13.7 Å². The number of H-pyrrole nitrogens is 1. The normalized spacial score (nSPS) is 10.7. The van der Waals surface area contributed by atoms with Crippen LogP contribution in [-0.4, -0.2) is 17.1 Å². The molecule has 0 atom stereocenters. The van der Waals surface area contributed by atoms with Gasteiger partial charge in [0, 0.05) is 5.56 Å². The van der Waals surface area contributed by atoms with Gasteiger partial charge in [-0.25, -0.2) is 4.98 Å². The van der Waals surface area contributed by atoms with Gasteiger partial charge in [-0.15, -0.1) is 0 Å². The summed E-state index contributed by atoms with van der Waals surface area (Å²) in [4.78, 5) is 7.60. The van der Waals surface area contributed by atoms with E-state index in [1.54, 1.807) is 7.11 Å². The lowest BCUT2D eigenvalue weighted by Gasteiger charge is -2.11. The molecule has 1 heterocycles. The van der Waals surface area contributed by atoms with Gasteiger partial charge in [-0.2, -0.15) is 0 Å². The van der Waals surface area contributed by atoms with E-state index in [2.05, 4.69) is 32.0 Å². The molecule has 0 aliphatic carbocycles. The smallest absolute Gasteiger partial charge is 0.128 e. The van der Waals surface area contributed by atoms with Gasteiger partial charge >= 0.3 is 0 Å². The summed E-state index contributed by atoms with van der Waals surface area (Å²) in [7, 11) is 1.67. The molecule has 96 valence electrons. The third-order valence-electron chi connectivity index (χ3n) is 2.80. The van der Waals surface area contributed by atoms with E-state index >= 15 is 0 Å². The van der Waals surface area contributed by atoms with E-state index in [-0.39, 0.29) is 0 Å². The SMILES string of the molecule is COc1cc(C)cc(C)c1-c1nc(CN)[nH]c1Br. The van der Waals surface area contributed by atoms with Crippen LogP contribution >= 0.6 is 15.9 Å². The van der Waals surface area contributed by atoms with Gasteiger partial charge in [-0.1, -0.05) is 6.07 Å². The molecule has 4 nitrogen and oxygen atoms in total. The van der Waals surface area contributed by atoms with E-state index in [0.29, 0.717) is 6.54 Å². The highest BCUT2D eigenvalue weighted by Crippen LogP contribution is 2.36. The third-order valence-corrected chi connectivity index (χ3v) is 3.38. The van der Waals surface area contributed by atoms with Crippen molar-refractivity contribution in [3.8, 4) is 17.0 Å². The minimum atomic E-state index is 0.381. The second-order valence-electron chi connectivity index (χ2n) is 4.21. The number of methoxy groups -OCH3 is 1. The van der Waals surface area contributed by atoms with Crippen LogP contribution in [0.3, 0.4) is 0 Å². The molecule has 0 saturated carbocycles. The molecule has 3 N–H and O–H groups in total. The first-order valence-corrected chi connectivity index (χ1v) is 6.46. The Balaban J connectivity index is 2.65. The number of ether oxygens (including phenoxy) is 1. The molecule has 0 aliphatic rings. The fourth-order valence-corrected chi connectivity index (χ4v) is 2.57. The second kappa shape index (κ2) is 5.12. The molecule has 0 radical (unpaired) electrons. The topological polar surface area (TPSA) is 63.9 Å². The summed E-state index contributed by atoms with van der Waals surface area (Å²) in [6, 6.07) is 4.12. The molecular weight excluding hydrogens is 294 g/mol. The summed E-state index contributed by atoms with van der Waals surface area (Å²) in [5, 5.41) is 0. The van der Waals surface area contributed by atoms with Crippen LogP contribution in [0.2, 0.25) is 0 Å². The van der Waals surface area contributed by atoms with Gasteiger partial charge in [-0.3, -0.25) is 0 Å². The molecule has 0 fully saturated rings. The van der Waals surface area contributed by atoms with E-state index in [1.807, 2.05) is 19.9 Å². The number of aryl methyl sites for hydroxylation is 2. The first-order valence-electron chi connectivity index (χ1n) is 5.67. The molecule has 0 amide bonds. The van der Waals surface area contributed by atoms with Gasteiger partial charge in [0.2, 0.25) is 0 Å². The third kappa shape index (κ3) is 2.28. The number of nitrogens with one attached hydrogen (secondary N) is 1. The van der Waals surface area contributed by atoms with E-state index in [1.165, 1.54) is 5.56 Å². The first-order chi connectivity index (χ1) is 8.56. The fraction of sp³-hybridized carbons (Fsp3) is 0.308. The van der Waals surface area contributed by atoms with E-state index in [0.717, 1.165) is 33.0 Å². The van der Waals surface area contributed by atoms with Gasteiger partial charge in [0.15, 0.2) is 0 Å². The predicted octanol–water partition coefficient (Wildman–Crippen LogP) is 2.92. The number of halogens is 1. The number of hydrogen-bond acceptors (Lipinski definition) is 3. The lowest BCUT2D eigenvalue weighted by molar-refractivity contribution is 0.415. The standard InChI is InChI=1S/C13H16BrN3O/c1-7-4-8(2)11(9(5-7)18-3)12-13(14)17-10(6-15)16-12/h4-5H,6,15H2,1-3H3,(H,16,17). The van der Waals surface area contributed by atoms with Crippen molar-refractivity contribution in [3.05, 3.63) is 33.7 Å². The quantitative estimate of drug-likeness (QED) is 0.916. The van der Waals surface area contributed by atoms with E-state index in [4.69, 9.17) is 10.5 Å². The lowest BCUT2D eigenvalue weighted by Crippen LogP contribution is -1.98. The maximum atomic E-state index is 5.60. The van der Waals surface area contributed by atoms with Crippen LogP contribution in [0.5, 0.6) is 5.75 Å². The lowest BCUT2D eigenvalue weighted by atomic mass is 10.0. The number of aromatic amines is 1. The molecule has 0 spiro atoms. The van der Waals surface area contributed by atoms with Crippen LogP contribution in [0, 0.1) is 13.8 Å². The Hall–Kier alpha value is -1.33. The van der Waals surface area contributed by atoms with Crippen molar-refractivity contribution >= 4 is 15.9 Å². The number of hydrogen-bond donors (Lipinski definition) is 2. The molecule has 0 bridgehead atoms. The zero-order valence-electron chi connectivity index (χ0n) is 10.7. The fourth-order valence-electron chi connectivity index (χ4n) is 2.05. The molecule has 0 aliphatic heterocycles. The summed E-state index contributed by atoms with van der Waals surface area (Å²) in [5.41, 5.74) is 9.72. The molecule has 0 saturated heterocycles. The monoisotopic (exact) mass is 309 g/mol. The highest BCUT2D eigenvalue weighted by atomic mass is 79.9. The molecule has 2 aromatic rings. The zero-order valence-corrected chi connectivity index (χ0v) is 12.3. The van der Waals surface area contributed by atoms with Crippen molar-refractivity contribution in [2.75, 3.05) is 7.11 Å². The molecule has 1 aromatic carbocycles. The zero-order chi connectivity index (χ0) is 13.3. The Morgan fingerprint density at radius 2 is 2.11 bits per heavy atom. The Kier molecular flexibility index (Phi) is 3.73. The van der Waals surface area contributed by atoms with Crippen LogP contribution in [0.15, 0.2) is 16.7 Å². The largest absolute Gasteiger partial charge is 0.496 e. The predicted molar refractivity (Wildman–Crippen MR) is 75.6 cm³/mol. The van der Waals surface area contributed by atoms with Gasteiger partial charge in [0.1, 0.15) is 21.9 Å². The molecular formula is C13H16BrN3O. The van der Waals surface area contributed by atoms with Crippen LogP contribution in [0.25, 0.3) is 11.3 Å². The number of aromatic nitrogens is 2. The molecule has 2 rings (SSSR count). The summed E-state index contributed by atoms with van der Waals surface area (Å²) >= 11 is 3.48. The van der Waals surface area contributed by atoms with E-state index < -0.39 is 0 Å². The van der Waals surface area contributed by atoms with Gasteiger partial charge in [0.25, 0.3) is 0 Å². The Morgan fingerprint density at radius 3 is 2.67 bits per heavy atom. The average Bonchev–Trinajstić information content (AvgIpc) is 2.69. The molecule has 18 heavy (non-hydrogen) atoms. The van der Waals surface area contributed by atoms with Crippen LogP contribution in [0.4, 0.5) is 0 Å². The van der Waals surface area contributed by atoms with Crippen molar-refractivity contribution in [2.24, 2.45) is 5.73 Å². The molecule has 5 heteroatoms. The van der Waals surface area contributed by atoms with Crippen molar-refractivity contribution in [1.29, 1.82) is 0 Å². The van der Waals surface area contributed by atoms with Gasteiger partial charge in [-0.05, 0) is 47.0 Å². The Bertz CT molecular complexity index is 578. The Labute approximate surface area is 115 Å². The second-order valence-corrected chi connectivity index (χ2v) is 5.00. The van der Waals surface area contributed by atoms with Crippen molar-refractivity contribution in [2.45, 2.75) is 20.4 Å². The van der Waals surface area contributed by atoms with Crippen LogP contribution < -0.4 is 10.5 Å². The number of nitrogens with zero attached hydrogens (tertiary/aromatic N) is 1. The Morgan fingerprint density at radius 1 is 1.39 bits per heavy atom. The highest BCUT2D eigenvalue weighted by molar-refractivity contribution is 9.10. The molecule has 0 unspecified atom stereocenters. The van der Waals surface area contributed by atoms with Gasteiger partial charge < -0.3 is 15.5 Å². The summed E-state index contributed by atoms with van der Waals surface area (Å²) < 4.78 is 6.28.